The van der Waals surface area contributed by atoms with Gasteiger partial charge in [-0.2, -0.15) is 0 Å². The van der Waals surface area contributed by atoms with E-state index in [1.165, 1.54) is 0 Å². The molecule has 0 aromatic rings. The molecule has 128 valence electrons. The quantitative estimate of drug-likeness (QED) is 0.857. The average Bonchev–Trinajstić information content (AvgIpc) is 2.90. The van der Waals surface area contributed by atoms with Crippen LogP contribution < -0.4 is 5.32 Å². The number of carbonyl (C=O) groups is 1. The third-order valence-electron chi connectivity index (χ3n) is 3.93. The molecule has 2 fully saturated rings. The molecule has 3 unspecified atom stereocenters. The maximum Gasteiger partial charge on any atom is 0.410 e. The van der Waals surface area contributed by atoms with Gasteiger partial charge in [-0.3, -0.25) is 0 Å². The van der Waals surface area contributed by atoms with Gasteiger partial charge in [0.25, 0.3) is 0 Å². The Morgan fingerprint density at radius 2 is 2.05 bits per heavy atom. The third kappa shape index (κ3) is 5.41. The van der Waals surface area contributed by atoms with Gasteiger partial charge in [0.05, 0.1) is 25.9 Å². The Hall–Kier alpha value is -0.850. The van der Waals surface area contributed by atoms with E-state index in [1.54, 1.807) is 0 Å². The zero-order valence-electron chi connectivity index (χ0n) is 14.3. The maximum atomic E-state index is 12.4. The number of nitrogens with one attached hydrogen (secondary N) is 1. The molecule has 22 heavy (non-hydrogen) atoms. The first kappa shape index (κ1) is 17.5. The van der Waals surface area contributed by atoms with Crippen LogP contribution in [0.5, 0.6) is 0 Å². The molecule has 0 aromatic carbocycles. The Morgan fingerprint density at radius 1 is 1.32 bits per heavy atom. The first-order valence-corrected chi connectivity index (χ1v) is 8.26. The third-order valence-corrected chi connectivity index (χ3v) is 3.93. The summed E-state index contributed by atoms with van der Waals surface area (Å²) in [5, 5.41) is 3.57. The molecule has 3 atom stereocenters. The van der Waals surface area contributed by atoms with Crippen LogP contribution in [-0.4, -0.2) is 67.7 Å². The molecule has 2 aliphatic heterocycles. The Balaban J connectivity index is 1.86. The molecule has 6 nitrogen and oxygen atoms in total. The SMILES string of the molecule is CC(CC1COCCN1C(=O)OC(C)(C)C)NC1CCOC1. The minimum Gasteiger partial charge on any atom is -0.444 e. The van der Waals surface area contributed by atoms with Gasteiger partial charge in [-0.25, -0.2) is 4.79 Å². The molecule has 6 heteroatoms. The minimum absolute atomic E-state index is 0.0634. The fourth-order valence-corrected chi connectivity index (χ4v) is 2.96. The van der Waals surface area contributed by atoms with Crippen molar-refractivity contribution in [1.29, 1.82) is 0 Å². The summed E-state index contributed by atoms with van der Waals surface area (Å²) in [6.45, 7) is 11.2. The normalized spacial score (nSPS) is 27.7. The highest BCUT2D eigenvalue weighted by Gasteiger charge is 2.32. The van der Waals surface area contributed by atoms with Crippen LogP contribution in [0.3, 0.4) is 0 Å². The van der Waals surface area contributed by atoms with Gasteiger partial charge in [0.2, 0.25) is 0 Å². The van der Waals surface area contributed by atoms with Crippen LogP contribution in [0.1, 0.15) is 40.5 Å². The molecule has 0 radical (unpaired) electrons. The van der Waals surface area contributed by atoms with Gasteiger partial charge in [0.1, 0.15) is 5.60 Å². The van der Waals surface area contributed by atoms with Crippen LogP contribution in [0.2, 0.25) is 0 Å². The van der Waals surface area contributed by atoms with Crippen molar-refractivity contribution in [2.24, 2.45) is 0 Å². The van der Waals surface area contributed by atoms with Crippen molar-refractivity contribution in [1.82, 2.24) is 10.2 Å². The lowest BCUT2D eigenvalue weighted by molar-refractivity contribution is -0.0357. The van der Waals surface area contributed by atoms with E-state index >= 15 is 0 Å². The molecule has 1 N–H and O–H groups in total. The summed E-state index contributed by atoms with van der Waals surface area (Å²) in [7, 11) is 0. The van der Waals surface area contributed by atoms with Gasteiger partial charge in [-0.1, -0.05) is 0 Å². The average molecular weight is 314 g/mol. The highest BCUT2D eigenvalue weighted by Crippen LogP contribution is 2.18. The summed E-state index contributed by atoms with van der Waals surface area (Å²) in [5.41, 5.74) is -0.467. The zero-order chi connectivity index (χ0) is 16.2. The van der Waals surface area contributed by atoms with E-state index in [-0.39, 0.29) is 12.1 Å². The fraction of sp³-hybridized carbons (Fsp3) is 0.938. The smallest absolute Gasteiger partial charge is 0.410 e. The Morgan fingerprint density at radius 3 is 2.68 bits per heavy atom. The van der Waals surface area contributed by atoms with Crippen LogP contribution >= 0.6 is 0 Å². The lowest BCUT2D eigenvalue weighted by atomic mass is 10.1. The van der Waals surface area contributed by atoms with Gasteiger partial charge in [0, 0.05) is 25.2 Å². The highest BCUT2D eigenvalue weighted by atomic mass is 16.6. The van der Waals surface area contributed by atoms with E-state index < -0.39 is 5.60 Å². The number of rotatable bonds is 4. The topological polar surface area (TPSA) is 60.0 Å². The van der Waals surface area contributed by atoms with Crippen LogP contribution in [0.15, 0.2) is 0 Å². The summed E-state index contributed by atoms with van der Waals surface area (Å²) in [4.78, 5) is 14.2. The van der Waals surface area contributed by atoms with Gasteiger partial charge < -0.3 is 24.4 Å². The van der Waals surface area contributed by atoms with Crippen molar-refractivity contribution >= 4 is 6.09 Å². The van der Waals surface area contributed by atoms with Gasteiger partial charge in [-0.05, 0) is 40.5 Å². The number of carbonyl (C=O) groups excluding carboxylic acids is 1. The molecule has 2 heterocycles. The Labute approximate surface area is 133 Å². The van der Waals surface area contributed by atoms with Gasteiger partial charge >= 0.3 is 6.09 Å². The first-order valence-electron chi connectivity index (χ1n) is 8.26. The number of nitrogens with zero attached hydrogens (tertiary/aromatic N) is 1. The predicted octanol–water partition coefficient (Wildman–Crippen LogP) is 1.78. The molecule has 0 aromatic heterocycles. The van der Waals surface area contributed by atoms with Crippen LogP contribution in [0, 0.1) is 0 Å². The van der Waals surface area contributed by atoms with Crippen molar-refractivity contribution in [3.8, 4) is 0 Å². The molecule has 0 saturated carbocycles. The summed E-state index contributed by atoms with van der Waals surface area (Å²) >= 11 is 0. The minimum atomic E-state index is -0.467. The van der Waals surface area contributed by atoms with Crippen molar-refractivity contribution in [2.45, 2.75) is 64.3 Å². The molecule has 0 spiro atoms. The molecule has 2 saturated heterocycles. The second-order valence-corrected chi connectivity index (χ2v) is 7.27. The van der Waals surface area contributed by atoms with E-state index in [1.807, 2.05) is 25.7 Å². The number of morpholine rings is 1. The molecule has 2 aliphatic rings. The monoisotopic (exact) mass is 314 g/mol. The molecular weight excluding hydrogens is 284 g/mol. The molecule has 0 aliphatic carbocycles. The second-order valence-electron chi connectivity index (χ2n) is 7.27. The second kappa shape index (κ2) is 7.62. The van der Waals surface area contributed by atoms with Crippen molar-refractivity contribution in [2.75, 3.05) is 33.0 Å². The predicted molar refractivity (Wildman–Crippen MR) is 84.0 cm³/mol. The lowest BCUT2D eigenvalue weighted by Crippen LogP contribution is -2.52. The lowest BCUT2D eigenvalue weighted by Gasteiger charge is -2.38. The van der Waals surface area contributed by atoms with E-state index in [0.29, 0.717) is 31.8 Å². The van der Waals surface area contributed by atoms with Crippen LogP contribution in [-0.2, 0) is 14.2 Å². The van der Waals surface area contributed by atoms with Crippen molar-refractivity contribution in [3.05, 3.63) is 0 Å². The Bertz CT molecular complexity index is 364. The molecule has 2 rings (SSSR count). The van der Waals surface area contributed by atoms with E-state index in [9.17, 15) is 4.79 Å². The van der Waals surface area contributed by atoms with Crippen LogP contribution in [0.25, 0.3) is 0 Å². The summed E-state index contributed by atoms with van der Waals surface area (Å²) in [6, 6.07) is 0.797. The summed E-state index contributed by atoms with van der Waals surface area (Å²) in [6.07, 6.45) is 1.68. The maximum absolute atomic E-state index is 12.4. The van der Waals surface area contributed by atoms with Crippen molar-refractivity contribution < 1.29 is 19.0 Å². The largest absolute Gasteiger partial charge is 0.444 e. The van der Waals surface area contributed by atoms with Crippen LogP contribution in [0.4, 0.5) is 4.79 Å². The number of ether oxygens (including phenoxy) is 3. The van der Waals surface area contributed by atoms with E-state index in [4.69, 9.17) is 14.2 Å². The summed E-state index contributed by atoms with van der Waals surface area (Å²) < 4.78 is 16.5. The number of hydrogen-bond acceptors (Lipinski definition) is 5. The molecule has 1 amide bonds. The zero-order valence-corrected chi connectivity index (χ0v) is 14.3. The molecular formula is C16H30N2O4. The standard InChI is InChI=1S/C16H30N2O4/c1-12(17-13-5-7-20-10-13)9-14-11-21-8-6-18(14)15(19)22-16(2,3)4/h12-14,17H,5-11H2,1-4H3. The molecule has 0 bridgehead atoms. The van der Waals surface area contributed by atoms with Gasteiger partial charge in [-0.15, -0.1) is 0 Å². The highest BCUT2D eigenvalue weighted by molar-refractivity contribution is 5.68. The number of hydrogen-bond donors (Lipinski definition) is 1. The van der Waals surface area contributed by atoms with E-state index in [0.717, 1.165) is 26.1 Å². The van der Waals surface area contributed by atoms with E-state index in [2.05, 4.69) is 12.2 Å². The Kier molecular flexibility index (Phi) is 6.06. The van der Waals surface area contributed by atoms with Crippen molar-refractivity contribution in [3.63, 3.8) is 0 Å². The first-order chi connectivity index (χ1) is 10.3. The summed E-state index contributed by atoms with van der Waals surface area (Å²) in [5.74, 6) is 0. The van der Waals surface area contributed by atoms with Gasteiger partial charge in [0.15, 0.2) is 0 Å². The number of amides is 1. The fourth-order valence-electron chi connectivity index (χ4n) is 2.96.